The van der Waals surface area contributed by atoms with Crippen LogP contribution >= 0.6 is 0 Å². The third-order valence-electron chi connectivity index (χ3n) is 0.996. The summed E-state index contributed by atoms with van der Waals surface area (Å²) in [5, 5.41) is 2.89. The van der Waals surface area contributed by atoms with Gasteiger partial charge in [-0.25, -0.2) is 0 Å². The van der Waals surface area contributed by atoms with E-state index in [9.17, 15) is 0 Å². The van der Waals surface area contributed by atoms with Gasteiger partial charge in [-0.3, -0.25) is 10.2 Å². The van der Waals surface area contributed by atoms with Gasteiger partial charge in [0.25, 0.3) is 0 Å². The predicted octanol–water partition coefficient (Wildman–Crippen LogP) is -2.42. The van der Waals surface area contributed by atoms with E-state index in [0.29, 0.717) is 26.7 Å². The molecule has 0 spiro atoms. The van der Waals surface area contributed by atoms with Crippen LogP contribution in [0.5, 0.6) is 0 Å². The van der Waals surface area contributed by atoms with E-state index >= 15 is 0 Å². The summed E-state index contributed by atoms with van der Waals surface area (Å²) >= 11 is 0. The number of nitrogens with two attached hydrogens (primary N) is 3. The van der Waals surface area contributed by atoms with Gasteiger partial charge in [0, 0.05) is 20.0 Å². The molecule has 0 fully saturated rings. The molecule has 0 saturated heterocycles. The van der Waals surface area contributed by atoms with Crippen molar-refractivity contribution in [2.75, 3.05) is 26.7 Å². The fraction of sp³-hybridized carbons (Fsp3) is 1.00. The molecule has 0 aliphatic rings. The van der Waals surface area contributed by atoms with Crippen molar-refractivity contribution in [3.05, 3.63) is 0 Å². The van der Waals surface area contributed by atoms with Crippen molar-refractivity contribution in [3.8, 4) is 0 Å². The Morgan fingerprint density at radius 3 is 2.00 bits per heavy atom. The normalized spacial score (nSPS) is 10.7. The molecule has 0 aromatic carbocycles. The molecular weight excluding hydrogens is 118 g/mol. The summed E-state index contributed by atoms with van der Waals surface area (Å²) in [7, 11) is 0. The molecule has 0 radical (unpaired) electrons. The second kappa shape index (κ2) is 5.93. The van der Waals surface area contributed by atoms with Gasteiger partial charge in [0.15, 0.2) is 0 Å². The first-order valence-corrected chi connectivity index (χ1v) is 2.88. The lowest BCUT2D eigenvalue weighted by Crippen LogP contribution is -2.43. The van der Waals surface area contributed by atoms with Crippen LogP contribution in [0.2, 0.25) is 0 Å². The van der Waals surface area contributed by atoms with Crippen LogP contribution in [-0.4, -0.2) is 31.6 Å². The largest absolute Gasteiger partial charge is 0.318 e. The quantitative estimate of drug-likeness (QED) is 0.313. The van der Waals surface area contributed by atoms with Gasteiger partial charge in [-0.15, -0.1) is 0 Å². The van der Waals surface area contributed by atoms with Crippen molar-refractivity contribution >= 4 is 0 Å². The topological polar surface area (TPSA) is 93.3 Å². The Balaban J connectivity index is 3.09. The maximum Gasteiger partial charge on any atom is 0.0514 e. The molecule has 0 aliphatic carbocycles. The molecule has 56 valence electrons. The first-order chi connectivity index (χ1) is 4.35. The summed E-state index contributed by atoms with van der Waals surface area (Å²) in [4.78, 5) is 1.83. The maximum atomic E-state index is 5.29. The second-order valence-electron chi connectivity index (χ2n) is 1.65. The van der Waals surface area contributed by atoms with Crippen LogP contribution < -0.4 is 22.5 Å². The fourth-order valence-electron chi connectivity index (χ4n) is 0.426. The van der Waals surface area contributed by atoms with E-state index in [4.69, 9.17) is 17.2 Å². The molecule has 5 nitrogen and oxygen atoms in total. The Bertz CT molecular complexity index is 52.9. The average molecular weight is 133 g/mol. The van der Waals surface area contributed by atoms with Gasteiger partial charge in [0.05, 0.1) is 6.67 Å². The van der Waals surface area contributed by atoms with Crippen LogP contribution in [-0.2, 0) is 0 Å². The molecule has 0 aliphatic heterocycles. The van der Waals surface area contributed by atoms with Gasteiger partial charge in [-0.2, -0.15) is 0 Å². The van der Waals surface area contributed by atoms with E-state index in [1.54, 1.807) is 0 Å². The molecule has 0 bridgehead atoms. The monoisotopic (exact) mass is 133 g/mol. The van der Waals surface area contributed by atoms with Crippen molar-refractivity contribution in [1.82, 2.24) is 10.2 Å². The molecular formula is C4H15N5. The highest BCUT2D eigenvalue weighted by molar-refractivity contribution is 4.45. The molecule has 0 heterocycles. The van der Waals surface area contributed by atoms with Crippen molar-refractivity contribution < 1.29 is 0 Å². The van der Waals surface area contributed by atoms with Gasteiger partial charge >= 0.3 is 0 Å². The zero-order chi connectivity index (χ0) is 7.11. The fourth-order valence-corrected chi connectivity index (χ4v) is 0.426. The van der Waals surface area contributed by atoms with Crippen LogP contribution in [0.25, 0.3) is 0 Å². The number of hydrogen-bond acceptors (Lipinski definition) is 5. The lowest BCUT2D eigenvalue weighted by Gasteiger charge is -2.16. The zero-order valence-corrected chi connectivity index (χ0v) is 5.51. The number of rotatable bonds is 5. The number of hydrogen-bond donors (Lipinski definition) is 4. The van der Waals surface area contributed by atoms with Crippen molar-refractivity contribution in [3.63, 3.8) is 0 Å². The van der Waals surface area contributed by atoms with E-state index in [1.165, 1.54) is 0 Å². The van der Waals surface area contributed by atoms with Crippen molar-refractivity contribution in [1.29, 1.82) is 0 Å². The third kappa shape index (κ3) is 4.31. The van der Waals surface area contributed by atoms with Crippen LogP contribution in [0, 0.1) is 0 Å². The summed E-state index contributed by atoms with van der Waals surface area (Å²) < 4.78 is 0. The maximum absolute atomic E-state index is 5.29. The summed E-state index contributed by atoms with van der Waals surface area (Å²) in [6.45, 7) is 2.03. The molecule has 7 N–H and O–H groups in total. The minimum atomic E-state index is 0.455. The van der Waals surface area contributed by atoms with E-state index in [0.717, 1.165) is 0 Å². The van der Waals surface area contributed by atoms with E-state index in [-0.39, 0.29) is 0 Å². The van der Waals surface area contributed by atoms with E-state index in [1.807, 2.05) is 4.90 Å². The Labute approximate surface area is 55.2 Å². The van der Waals surface area contributed by atoms with Crippen molar-refractivity contribution in [2.45, 2.75) is 0 Å². The molecule has 0 amide bonds. The van der Waals surface area contributed by atoms with Crippen LogP contribution in [0.4, 0.5) is 0 Å². The third-order valence-corrected chi connectivity index (χ3v) is 0.996. The molecule has 5 heteroatoms. The van der Waals surface area contributed by atoms with E-state index in [2.05, 4.69) is 5.32 Å². The summed E-state index contributed by atoms with van der Waals surface area (Å²) in [5.41, 5.74) is 15.7. The van der Waals surface area contributed by atoms with Gasteiger partial charge in [0.2, 0.25) is 0 Å². The average Bonchev–Trinajstić information content (AvgIpc) is 1.91. The molecule has 0 aromatic heterocycles. The molecule has 0 unspecified atom stereocenters. The highest BCUT2D eigenvalue weighted by Crippen LogP contribution is 1.72. The summed E-state index contributed by atoms with van der Waals surface area (Å²) in [6, 6.07) is 0. The minimum absolute atomic E-state index is 0.455. The first-order valence-electron chi connectivity index (χ1n) is 2.88. The van der Waals surface area contributed by atoms with Gasteiger partial charge in [0.1, 0.15) is 0 Å². The Hall–Kier alpha value is -0.200. The van der Waals surface area contributed by atoms with Gasteiger partial charge in [-0.1, -0.05) is 0 Å². The lowest BCUT2D eigenvalue weighted by molar-refractivity contribution is 0.268. The summed E-state index contributed by atoms with van der Waals surface area (Å²) in [6.07, 6.45) is 0. The lowest BCUT2D eigenvalue weighted by atomic mass is 10.7. The van der Waals surface area contributed by atoms with Crippen LogP contribution in [0.1, 0.15) is 0 Å². The number of nitrogens with zero attached hydrogens (tertiary/aromatic N) is 1. The van der Waals surface area contributed by atoms with Crippen molar-refractivity contribution in [2.24, 2.45) is 17.2 Å². The molecule has 0 saturated carbocycles. The molecule has 0 rings (SSSR count). The van der Waals surface area contributed by atoms with Crippen LogP contribution in [0.15, 0.2) is 0 Å². The Kier molecular flexibility index (Phi) is 5.80. The Morgan fingerprint density at radius 2 is 1.67 bits per heavy atom. The number of nitrogens with one attached hydrogen (secondary N) is 1. The SMILES string of the molecule is NCNCN(CN)CN. The molecule has 9 heavy (non-hydrogen) atoms. The minimum Gasteiger partial charge on any atom is -0.318 e. The van der Waals surface area contributed by atoms with Gasteiger partial charge in [-0.05, 0) is 0 Å². The molecule has 0 atom stereocenters. The van der Waals surface area contributed by atoms with Crippen LogP contribution in [0.3, 0.4) is 0 Å². The first kappa shape index (κ1) is 8.80. The molecule has 0 aromatic rings. The van der Waals surface area contributed by atoms with Gasteiger partial charge < -0.3 is 17.2 Å². The Morgan fingerprint density at radius 1 is 1.11 bits per heavy atom. The standard InChI is InChI=1S/C4H15N5/c5-1-8-4-9(2-6)3-7/h8H,1-7H2. The highest BCUT2D eigenvalue weighted by atomic mass is 15.3. The van der Waals surface area contributed by atoms with E-state index < -0.39 is 0 Å². The second-order valence-corrected chi connectivity index (χ2v) is 1.65. The zero-order valence-electron chi connectivity index (χ0n) is 5.51. The summed E-state index contributed by atoms with van der Waals surface area (Å²) in [5.74, 6) is 0. The highest BCUT2D eigenvalue weighted by Gasteiger charge is 1.94. The predicted molar refractivity (Wildman–Crippen MR) is 37.0 cm³/mol. The smallest absolute Gasteiger partial charge is 0.0514 e.